The lowest BCUT2D eigenvalue weighted by Crippen LogP contribution is -2.30. The summed E-state index contributed by atoms with van der Waals surface area (Å²) in [6.45, 7) is 2.30. The molecule has 0 amide bonds. The summed E-state index contributed by atoms with van der Waals surface area (Å²) in [5, 5.41) is 0. The average molecular weight is 395 g/mol. The Hall–Kier alpha value is -1.83. The van der Waals surface area contributed by atoms with Crippen LogP contribution < -0.4 is 4.74 Å². The minimum absolute atomic E-state index is 0.0990. The first-order valence-electron chi connectivity index (χ1n) is 11.6. The van der Waals surface area contributed by atoms with Crippen molar-refractivity contribution in [2.24, 2.45) is 17.8 Å². The van der Waals surface area contributed by atoms with Crippen LogP contribution in [0.4, 0.5) is 4.39 Å². The number of ether oxygens (including phenoxy) is 1. The molecule has 2 aliphatic carbocycles. The van der Waals surface area contributed by atoms with Gasteiger partial charge in [-0.25, -0.2) is 4.39 Å². The summed E-state index contributed by atoms with van der Waals surface area (Å²) < 4.78 is 20.2. The zero-order valence-electron chi connectivity index (χ0n) is 18.0. The molecule has 29 heavy (non-hydrogen) atoms. The molecule has 0 N–H and O–H groups in total. The summed E-state index contributed by atoms with van der Waals surface area (Å²) in [5.74, 6) is 3.98. The van der Waals surface area contributed by atoms with Gasteiger partial charge in [0.25, 0.3) is 0 Å². The van der Waals surface area contributed by atoms with Crippen molar-refractivity contribution in [2.75, 3.05) is 7.11 Å². The molecule has 0 saturated heterocycles. The maximum atomic E-state index is 14.9. The van der Waals surface area contributed by atoms with Gasteiger partial charge in [0.1, 0.15) is 11.6 Å². The number of hydrogen-bond acceptors (Lipinski definition) is 1. The minimum Gasteiger partial charge on any atom is -0.497 e. The van der Waals surface area contributed by atoms with Gasteiger partial charge >= 0.3 is 0 Å². The molecule has 2 aliphatic rings. The Labute approximate surface area is 175 Å². The van der Waals surface area contributed by atoms with Gasteiger partial charge in [-0.05, 0) is 85.1 Å². The highest BCUT2D eigenvalue weighted by atomic mass is 19.1. The number of benzene rings is 2. The van der Waals surface area contributed by atoms with Gasteiger partial charge in [0, 0.05) is 5.56 Å². The van der Waals surface area contributed by atoms with Gasteiger partial charge in [0.05, 0.1) is 7.11 Å². The lowest BCUT2D eigenvalue weighted by Gasteiger charge is -2.42. The molecule has 4 rings (SSSR count). The van der Waals surface area contributed by atoms with E-state index in [1.807, 2.05) is 30.3 Å². The van der Waals surface area contributed by atoms with E-state index in [0.717, 1.165) is 29.1 Å². The summed E-state index contributed by atoms with van der Waals surface area (Å²) in [4.78, 5) is 0. The van der Waals surface area contributed by atoms with Crippen molar-refractivity contribution in [3.05, 3.63) is 53.8 Å². The molecule has 1 unspecified atom stereocenters. The topological polar surface area (TPSA) is 9.23 Å². The molecule has 0 bridgehead atoms. The lowest BCUT2D eigenvalue weighted by molar-refractivity contribution is 0.113. The molecular formula is C27H35FO. The third-order valence-corrected chi connectivity index (χ3v) is 7.55. The first kappa shape index (κ1) is 20.4. The van der Waals surface area contributed by atoms with Crippen LogP contribution in [0.15, 0.2) is 42.5 Å². The van der Waals surface area contributed by atoms with E-state index in [9.17, 15) is 4.39 Å². The normalized spacial score (nSPS) is 26.7. The Morgan fingerprint density at radius 3 is 2.41 bits per heavy atom. The van der Waals surface area contributed by atoms with Crippen LogP contribution in [0.2, 0.25) is 0 Å². The van der Waals surface area contributed by atoms with E-state index in [2.05, 4.69) is 13.0 Å². The maximum Gasteiger partial charge on any atom is 0.131 e. The van der Waals surface area contributed by atoms with Crippen molar-refractivity contribution in [3.8, 4) is 16.9 Å². The number of fused-ring (bicyclic) bond motifs is 1. The van der Waals surface area contributed by atoms with Gasteiger partial charge in [0.15, 0.2) is 0 Å². The summed E-state index contributed by atoms with van der Waals surface area (Å²) in [5.41, 5.74) is 2.79. The molecule has 156 valence electrons. The molecule has 2 heteroatoms. The van der Waals surface area contributed by atoms with E-state index in [1.165, 1.54) is 63.4 Å². The van der Waals surface area contributed by atoms with Crippen LogP contribution in [-0.4, -0.2) is 7.11 Å². The summed E-state index contributed by atoms with van der Waals surface area (Å²) in [7, 11) is 1.65. The zero-order chi connectivity index (χ0) is 20.2. The Morgan fingerprint density at radius 1 is 0.931 bits per heavy atom. The number of halogens is 1. The monoisotopic (exact) mass is 394 g/mol. The van der Waals surface area contributed by atoms with E-state index in [4.69, 9.17) is 4.74 Å². The predicted molar refractivity (Wildman–Crippen MR) is 119 cm³/mol. The van der Waals surface area contributed by atoms with Crippen molar-refractivity contribution in [3.63, 3.8) is 0 Å². The van der Waals surface area contributed by atoms with Gasteiger partial charge < -0.3 is 4.74 Å². The zero-order valence-corrected chi connectivity index (χ0v) is 18.0. The second-order valence-electron chi connectivity index (χ2n) is 9.32. The molecule has 0 aromatic heterocycles. The standard InChI is InChI=1S/C27H35FO/c1-3-4-5-19-6-7-22-17-23(9-8-21(22)16-19)24-12-15-26(27(28)18-24)20-10-13-25(29-2)14-11-20/h10-15,18-19,21-23H,3-9,16-17H2,1-2H3/t19?,21-,22-,23-/m1/s1. The third-order valence-electron chi connectivity index (χ3n) is 7.55. The van der Waals surface area contributed by atoms with Crippen LogP contribution >= 0.6 is 0 Å². The fourth-order valence-electron chi connectivity index (χ4n) is 5.83. The second kappa shape index (κ2) is 9.32. The van der Waals surface area contributed by atoms with Crippen LogP contribution in [0.25, 0.3) is 11.1 Å². The van der Waals surface area contributed by atoms with E-state index in [1.54, 1.807) is 13.2 Å². The highest BCUT2D eigenvalue weighted by Gasteiger charge is 2.35. The van der Waals surface area contributed by atoms with E-state index in [0.29, 0.717) is 11.5 Å². The van der Waals surface area contributed by atoms with Crippen molar-refractivity contribution < 1.29 is 9.13 Å². The lowest BCUT2D eigenvalue weighted by atomic mass is 9.63. The summed E-state index contributed by atoms with van der Waals surface area (Å²) in [6, 6.07) is 13.6. The highest BCUT2D eigenvalue weighted by Crippen LogP contribution is 2.48. The van der Waals surface area contributed by atoms with Gasteiger partial charge in [-0.15, -0.1) is 0 Å². The fraction of sp³-hybridized carbons (Fsp3) is 0.556. The average Bonchev–Trinajstić information content (AvgIpc) is 2.77. The minimum atomic E-state index is -0.0990. The number of rotatable bonds is 6. The molecule has 0 spiro atoms. The molecular weight excluding hydrogens is 359 g/mol. The molecule has 1 nitrogen and oxygen atoms in total. The molecule has 2 fully saturated rings. The van der Waals surface area contributed by atoms with E-state index in [-0.39, 0.29) is 5.82 Å². The third kappa shape index (κ3) is 4.68. The largest absolute Gasteiger partial charge is 0.497 e. The predicted octanol–water partition coefficient (Wildman–Crippen LogP) is 7.99. The molecule has 4 atom stereocenters. The van der Waals surface area contributed by atoms with Crippen molar-refractivity contribution in [1.29, 1.82) is 0 Å². The Morgan fingerprint density at radius 2 is 1.69 bits per heavy atom. The van der Waals surface area contributed by atoms with Crippen LogP contribution in [0.3, 0.4) is 0 Å². The van der Waals surface area contributed by atoms with Gasteiger partial charge in [0.2, 0.25) is 0 Å². The molecule has 2 aromatic rings. The Kier molecular flexibility index (Phi) is 6.57. The molecule has 0 radical (unpaired) electrons. The Balaban J connectivity index is 1.41. The maximum absolute atomic E-state index is 14.9. The fourth-order valence-corrected chi connectivity index (χ4v) is 5.83. The van der Waals surface area contributed by atoms with Crippen LogP contribution in [0.5, 0.6) is 5.75 Å². The first-order chi connectivity index (χ1) is 14.2. The van der Waals surface area contributed by atoms with Crippen LogP contribution in [-0.2, 0) is 0 Å². The number of hydrogen-bond donors (Lipinski definition) is 0. The van der Waals surface area contributed by atoms with Crippen LogP contribution in [0.1, 0.15) is 76.2 Å². The van der Waals surface area contributed by atoms with Crippen molar-refractivity contribution in [2.45, 2.75) is 70.6 Å². The smallest absolute Gasteiger partial charge is 0.131 e. The SMILES string of the molecule is CCCCC1CC[C@@H]2C[C@H](c3ccc(-c4ccc(OC)cc4)c(F)c3)CC[C@@H]2C1. The van der Waals surface area contributed by atoms with Crippen molar-refractivity contribution in [1.82, 2.24) is 0 Å². The second-order valence-corrected chi connectivity index (χ2v) is 9.32. The molecule has 2 aromatic carbocycles. The van der Waals surface area contributed by atoms with Gasteiger partial charge in [-0.2, -0.15) is 0 Å². The molecule has 0 aliphatic heterocycles. The summed E-state index contributed by atoms with van der Waals surface area (Å²) >= 11 is 0. The summed E-state index contributed by atoms with van der Waals surface area (Å²) in [6.07, 6.45) is 12.2. The van der Waals surface area contributed by atoms with E-state index >= 15 is 0 Å². The molecule has 2 saturated carbocycles. The van der Waals surface area contributed by atoms with E-state index < -0.39 is 0 Å². The van der Waals surface area contributed by atoms with Gasteiger partial charge in [-0.3, -0.25) is 0 Å². The van der Waals surface area contributed by atoms with Crippen molar-refractivity contribution >= 4 is 0 Å². The number of methoxy groups -OCH3 is 1. The highest BCUT2D eigenvalue weighted by molar-refractivity contribution is 5.65. The first-order valence-corrected chi connectivity index (χ1v) is 11.6. The Bertz CT molecular complexity index is 797. The van der Waals surface area contributed by atoms with Crippen LogP contribution in [0, 0.1) is 23.6 Å². The molecule has 0 heterocycles. The quantitative estimate of drug-likeness (QED) is 0.482. The number of unbranched alkanes of at least 4 members (excludes halogenated alkanes) is 1. The van der Waals surface area contributed by atoms with Gasteiger partial charge in [-0.1, -0.05) is 56.9 Å².